The third-order valence-electron chi connectivity index (χ3n) is 5.07. The summed E-state index contributed by atoms with van der Waals surface area (Å²) >= 11 is 0. The number of piperidine rings is 2. The van der Waals surface area contributed by atoms with E-state index in [1.807, 2.05) is 0 Å². The van der Waals surface area contributed by atoms with Crippen molar-refractivity contribution in [1.29, 1.82) is 0 Å². The fraction of sp³-hybridized carbons (Fsp3) is 0.588. The van der Waals surface area contributed by atoms with Crippen molar-refractivity contribution in [3.05, 3.63) is 30.1 Å². The summed E-state index contributed by atoms with van der Waals surface area (Å²) in [5.41, 5.74) is 0. The van der Waals surface area contributed by atoms with Crippen molar-refractivity contribution < 1.29 is 31.4 Å². The molecule has 1 aromatic carbocycles. The van der Waals surface area contributed by atoms with Crippen LogP contribution in [-0.4, -0.2) is 40.2 Å². The smallest absolute Gasteiger partial charge is 0.423 e. The summed E-state index contributed by atoms with van der Waals surface area (Å²) in [4.78, 5) is 13.4. The average molecular weight is 387 g/mol. The van der Waals surface area contributed by atoms with Crippen LogP contribution in [-0.2, 0) is 15.0 Å². The summed E-state index contributed by atoms with van der Waals surface area (Å²) in [5.74, 6) is -0.618. The Morgan fingerprint density at radius 3 is 2.85 bits per heavy atom. The van der Waals surface area contributed by atoms with Gasteiger partial charge in [0.15, 0.2) is 0 Å². The van der Waals surface area contributed by atoms with Crippen LogP contribution in [0, 0.1) is 11.7 Å². The Balaban J connectivity index is 1.50. The molecule has 144 valence electrons. The monoisotopic (exact) mass is 387 g/mol. The van der Waals surface area contributed by atoms with E-state index < -0.39 is 22.2 Å². The molecule has 0 saturated carbocycles. The quantitative estimate of drug-likeness (QED) is 0.788. The van der Waals surface area contributed by atoms with Crippen LogP contribution >= 0.6 is 0 Å². The maximum atomic E-state index is 13.1. The molecule has 2 N–H and O–H groups in total. The Morgan fingerprint density at radius 1 is 1.23 bits per heavy atom. The number of hydrogen-bond acceptors (Lipinski definition) is 5. The number of halogens is 1. The molecule has 7 nitrogen and oxygen atoms in total. The highest BCUT2D eigenvalue weighted by Crippen LogP contribution is 2.20. The molecule has 0 aliphatic carbocycles. The van der Waals surface area contributed by atoms with Crippen LogP contribution in [0.5, 0.6) is 5.75 Å². The third-order valence-corrected chi connectivity index (χ3v) is 5.90. The number of carbonyl (C=O) groups excluding carboxylic acids is 1. The highest BCUT2D eigenvalue weighted by atomic mass is 32.2. The van der Waals surface area contributed by atoms with Crippen LogP contribution < -0.4 is 13.8 Å². The van der Waals surface area contributed by atoms with E-state index in [2.05, 4.69) is 4.18 Å². The molecule has 0 spiro atoms. The van der Waals surface area contributed by atoms with E-state index in [4.69, 9.17) is 4.74 Å². The minimum absolute atomic E-state index is 0.190. The van der Waals surface area contributed by atoms with Gasteiger partial charge >= 0.3 is 16.4 Å². The van der Waals surface area contributed by atoms with Crippen molar-refractivity contribution in [2.24, 2.45) is 5.92 Å². The zero-order valence-corrected chi connectivity index (χ0v) is 15.3. The number of hydrogen-bond donors (Lipinski definition) is 2. The van der Waals surface area contributed by atoms with E-state index in [0.717, 1.165) is 44.5 Å². The van der Waals surface area contributed by atoms with Gasteiger partial charge in [-0.3, -0.25) is 0 Å². The molecule has 1 amide bonds. The average Bonchev–Trinajstić information content (AvgIpc) is 2.59. The van der Waals surface area contributed by atoms with E-state index in [9.17, 15) is 17.6 Å². The maximum Gasteiger partial charge on any atom is 0.423 e. The predicted molar refractivity (Wildman–Crippen MR) is 91.5 cm³/mol. The molecule has 0 bridgehead atoms. The fourth-order valence-corrected chi connectivity index (χ4v) is 4.62. The summed E-state index contributed by atoms with van der Waals surface area (Å²) in [6, 6.07) is 5.12. The van der Waals surface area contributed by atoms with Gasteiger partial charge in [-0.25, -0.2) is 9.18 Å². The van der Waals surface area contributed by atoms with E-state index in [1.54, 1.807) is 9.62 Å². The molecule has 9 heteroatoms. The van der Waals surface area contributed by atoms with E-state index in [0.29, 0.717) is 6.04 Å². The molecule has 2 heterocycles. The lowest BCUT2D eigenvalue weighted by Gasteiger charge is -2.40. The molecule has 2 fully saturated rings. The van der Waals surface area contributed by atoms with Crippen LogP contribution in [0.15, 0.2) is 24.3 Å². The van der Waals surface area contributed by atoms with Crippen molar-refractivity contribution in [3.8, 4) is 5.75 Å². The first-order chi connectivity index (χ1) is 12.4. The Labute approximate surface area is 152 Å². The summed E-state index contributed by atoms with van der Waals surface area (Å²) in [7, 11) is -4.42. The molecule has 3 rings (SSSR count). The van der Waals surface area contributed by atoms with Crippen molar-refractivity contribution >= 4 is 16.4 Å². The lowest BCUT2D eigenvalue weighted by Crippen LogP contribution is -3.18. The van der Waals surface area contributed by atoms with Crippen LogP contribution in [0.3, 0.4) is 0 Å². The number of carbonyl (C=O) groups is 1. The van der Waals surface area contributed by atoms with Crippen LogP contribution in [0.25, 0.3) is 0 Å². The first kappa shape index (κ1) is 18.9. The van der Waals surface area contributed by atoms with Gasteiger partial charge in [0.1, 0.15) is 18.2 Å². The Bertz CT molecular complexity index is 740. The van der Waals surface area contributed by atoms with Crippen molar-refractivity contribution in [2.75, 3.05) is 19.7 Å². The molecular weight excluding hydrogens is 363 g/mol. The number of benzene rings is 1. The summed E-state index contributed by atoms with van der Waals surface area (Å²) < 4.78 is 48.2. The topological polar surface area (TPSA) is 86.1 Å². The molecule has 3 unspecified atom stereocenters. The number of rotatable bonds is 5. The van der Waals surface area contributed by atoms with Gasteiger partial charge in [-0.15, -0.1) is 0 Å². The maximum absolute atomic E-state index is 13.1. The minimum Gasteiger partial charge on any atom is -0.448 e. The highest BCUT2D eigenvalue weighted by Gasteiger charge is 2.37. The molecule has 2 aliphatic heterocycles. The summed E-state index contributed by atoms with van der Waals surface area (Å²) in [6.45, 7) is 2.50. The second-order valence-electron chi connectivity index (χ2n) is 6.86. The molecular formula is C17H24FN2O5S+. The standard InChI is InChI=1S/C17H23FN2O5S/c18-14-6-3-7-15(11-14)25-26(22,23)19-17(21)24-12-13-5-4-10-20-9-2-1-8-16(13)20/h3,6-7,11,13,16H,1-2,4-5,8-10,12H2,(H,19,21)/p+1. The summed E-state index contributed by atoms with van der Waals surface area (Å²) in [5, 5.41) is 0. The summed E-state index contributed by atoms with van der Waals surface area (Å²) in [6.07, 6.45) is 4.52. The van der Waals surface area contributed by atoms with E-state index >= 15 is 0 Å². The van der Waals surface area contributed by atoms with Gasteiger partial charge in [0.25, 0.3) is 0 Å². The zero-order valence-electron chi connectivity index (χ0n) is 14.4. The first-order valence-electron chi connectivity index (χ1n) is 8.92. The minimum atomic E-state index is -4.42. The molecule has 3 atom stereocenters. The van der Waals surface area contributed by atoms with Gasteiger partial charge in [-0.1, -0.05) is 6.07 Å². The molecule has 2 saturated heterocycles. The van der Waals surface area contributed by atoms with Gasteiger partial charge in [-0.2, -0.15) is 13.1 Å². The fourth-order valence-electron chi connectivity index (χ4n) is 3.96. The van der Waals surface area contributed by atoms with Gasteiger partial charge in [0.2, 0.25) is 0 Å². The molecule has 1 aromatic rings. The van der Waals surface area contributed by atoms with Gasteiger partial charge in [0.05, 0.1) is 19.1 Å². The molecule has 0 aromatic heterocycles. The predicted octanol–water partition coefficient (Wildman–Crippen LogP) is 1.02. The van der Waals surface area contributed by atoms with Crippen LogP contribution in [0.2, 0.25) is 0 Å². The Hall–Kier alpha value is -1.87. The van der Waals surface area contributed by atoms with E-state index in [-0.39, 0.29) is 18.3 Å². The van der Waals surface area contributed by atoms with E-state index in [1.165, 1.54) is 25.0 Å². The van der Waals surface area contributed by atoms with Crippen molar-refractivity contribution in [1.82, 2.24) is 4.72 Å². The van der Waals surface area contributed by atoms with Gasteiger partial charge in [-0.05, 0) is 44.2 Å². The Kier molecular flexibility index (Phi) is 5.98. The number of amides is 1. The van der Waals surface area contributed by atoms with Gasteiger partial charge < -0.3 is 13.8 Å². The third kappa shape index (κ3) is 5.07. The molecule has 0 radical (unpaired) electrons. The number of nitrogens with one attached hydrogen (secondary N) is 2. The lowest BCUT2D eigenvalue weighted by atomic mass is 9.84. The number of ether oxygens (including phenoxy) is 1. The van der Waals surface area contributed by atoms with Crippen LogP contribution in [0.1, 0.15) is 32.1 Å². The normalized spacial score (nSPS) is 25.8. The lowest BCUT2D eigenvalue weighted by molar-refractivity contribution is -0.940. The number of fused-ring (bicyclic) bond motifs is 1. The largest absolute Gasteiger partial charge is 0.448 e. The highest BCUT2D eigenvalue weighted by molar-refractivity contribution is 7.85. The second kappa shape index (κ2) is 8.22. The van der Waals surface area contributed by atoms with Crippen LogP contribution in [0.4, 0.5) is 9.18 Å². The van der Waals surface area contributed by atoms with Crippen molar-refractivity contribution in [3.63, 3.8) is 0 Å². The zero-order chi connectivity index (χ0) is 18.6. The Morgan fingerprint density at radius 2 is 2.04 bits per heavy atom. The number of quaternary nitrogens is 1. The van der Waals surface area contributed by atoms with Crippen molar-refractivity contribution in [2.45, 2.75) is 38.1 Å². The SMILES string of the molecule is O=C(NS(=O)(=O)Oc1cccc(F)c1)OCC1CCC[NH+]2CCCCC12. The molecule has 2 aliphatic rings. The second-order valence-corrected chi connectivity index (χ2v) is 8.14. The molecule has 26 heavy (non-hydrogen) atoms. The first-order valence-corrected chi connectivity index (χ1v) is 10.3. The van der Waals surface area contributed by atoms with Gasteiger partial charge in [0, 0.05) is 12.0 Å².